The second-order valence-electron chi connectivity index (χ2n) is 14.4. The predicted octanol–water partition coefficient (Wildman–Crippen LogP) is 9.48. The molecule has 210 valence electrons. The maximum Gasteiger partial charge on any atom is 0.116 e. The van der Waals surface area contributed by atoms with E-state index in [-0.39, 0.29) is 0 Å². The summed E-state index contributed by atoms with van der Waals surface area (Å²) in [5, 5.41) is 14.6. The van der Waals surface area contributed by atoms with Gasteiger partial charge in [0.2, 0.25) is 0 Å². The molecule has 6 atom stereocenters. The fourth-order valence-corrected chi connectivity index (χ4v) is 9.70. The van der Waals surface area contributed by atoms with E-state index in [4.69, 9.17) is 0 Å². The van der Waals surface area contributed by atoms with E-state index in [1.54, 1.807) is 0 Å². The molecular weight excluding hydrogens is 474 g/mol. The minimum Gasteiger partial charge on any atom is -0.508 e. The summed E-state index contributed by atoms with van der Waals surface area (Å²) in [6.07, 6.45) is 21.0. The number of allylic oxidation sites excluding steroid dienone is 2. The van der Waals surface area contributed by atoms with Gasteiger partial charge < -0.3 is 10.4 Å². The summed E-state index contributed by atoms with van der Waals surface area (Å²) in [6, 6.07) is 16.0. The van der Waals surface area contributed by atoms with E-state index in [9.17, 15) is 5.11 Å². The topological polar surface area (TPSA) is 32.3 Å². The zero-order valence-corrected chi connectivity index (χ0v) is 24.7. The Labute approximate surface area is 237 Å². The minimum atomic E-state index is 0.352. The molecule has 0 radical (unpaired) electrons. The van der Waals surface area contributed by atoms with Crippen LogP contribution in [0, 0.1) is 28.6 Å². The standard InChI is InChI=1S/C37H51NO/c1-4-38-35-14-13-32(33-11-5-6-12-34(33)35)29-19-27(21-31(39)22-29)18-28-20-30(25-37(24-28)16-7-8-17-37)36(3)15-9-10-26(2)23-36/h5-6,9,11-12,15,19,21-22,26,28,30,32,35,38-39H,4,7-8,10,13-14,16-18,20,23-25H2,1-3H3/t26-,28+,30-,32+,35-,36+/m0/s1. The van der Waals surface area contributed by atoms with Gasteiger partial charge in [-0.2, -0.15) is 0 Å². The van der Waals surface area contributed by atoms with Gasteiger partial charge in [0.05, 0.1) is 0 Å². The Bertz CT molecular complexity index is 1180. The second kappa shape index (κ2) is 11.1. The van der Waals surface area contributed by atoms with Gasteiger partial charge in [-0.3, -0.25) is 0 Å². The summed E-state index contributed by atoms with van der Waals surface area (Å²) >= 11 is 0. The van der Waals surface area contributed by atoms with Crippen molar-refractivity contribution in [2.75, 3.05) is 6.54 Å². The first kappa shape index (κ1) is 27.1. The zero-order valence-electron chi connectivity index (χ0n) is 24.7. The lowest BCUT2D eigenvalue weighted by Gasteiger charge is -2.50. The third-order valence-corrected chi connectivity index (χ3v) is 11.3. The third kappa shape index (κ3) is 5.61. The Morgan fingerprint density at radius 3 is 2.54 bits per heavy atom. The maximum absolute atomic E-state index is 10.9. The van der Waals surface area contributed by atoms with Crippen LogP contribution in [0.15, 0.2) is 54.6 Å². The SMILES string of the molecule is CCN[C@H]1CC[C@H](c2cc(O)cc(C[C@@H]3C[C@H]([C@]4(C)C=CC[C@H](C)C4)CC4(CCCC4)C3)c2)c2ccccc21. The number of benzene rings is 2. The molecule has 2 aromatic rings. The van der Waals surface area contributed by atoms with Crippen LogP contribution in [0.4, 0.5) is 0 Å². The van der Waals surface area contributed by atoms with E-state index in [2.05, 4.69) is 80.7 Å². The fraction of sp³-hybridized carbons (Fsp3) is 0.622. The van der Waals surface area contributed by atoms with Crippen molar-refractivity contribution in [2.45, 2.75) is 110 Å². The molecule has 6 rings (SSSR count). The molecule has 39 heavy (non-hydrogen) atoms. The predicted molar refractivity (Wildman–Crippen MR) is 163 cm³/mol. The Kier molecular flexibility index (Phi) is 7.70. The molecule has 2 fully saturated rings. The molecule has 2 aromatic carbocycles. The number of nitrogens with one attached hydrogen (secondary N) is 1. The first-order valence-corrected chi connectivity index (χ1v) is 16.2. The van der Waals surface area contributed by atoms with Crippen molar-refractivity contribution in [1.29, 1.82) is 0 Å². The molecule has 2 heteroatoms. The normalized spacial score (nSPS) is 33.8. The number of hydrogen-bond acceptors (Lipinski definition) is 2. The van der Waals surface area contributed by atoms with Gasteiger partial charge in [-0.25, -0.2) is 0 Å². The van der Waals surface area contributed by atoms with Gasteiger partial charge in [0.25, 0.3) is 0 Å². The lowest BCUT2D eigenvalue weighted by Crippen LogP contribution is -2.40. The van der Waals surface area contributed by atoms with Crippen LogP contribution < -0.4 is 5.32 Å². The molecule has 2 nitrogen and oxygen atoms in total. The molecule has 0 heterocycles. The highest BCUT2D eigenvalue weighted by atomic mass is 16.3. The van der Waals surface area contributed by atoms with Gasteiger partial charge >= 0.3 is 0 Å². The number of fused-ring (bicyclic) bond motifs is 1. The van der Waals surface area contributed by atoms with E-state index in [0.29, 0.717) is 28.5 Å². The molecule has 2 saturated carbocycles. The number of hydrogen-bond donors (Lipinski definition) is 2. The number of phenols is 1. The van der Waals surface area contributed by atoms with Gasteiger partial charge in [-0.05, 0) is 134 Å². The van der Waals surface area contributed by atoms with Gasteiger partial charge in [0.15, 0.2) is 0 Å². The first-order valence-electron chi connectivity index (χ1n) is 16.2. The van der Waals surface area contributed by atoms with E-state index in [0.717, 1.165) is 43.6 Å². The van der Waals surface area contributed by atoms with E-state index < -0.39 is 0 Å². The summed E-state index contributed by atoms with van der Waals surface area (Å²) in [5.74, 6) is 3.14. The van der Waals surface area contributed by atoms with Crippen molar-refractivity contribution in [2.24, 2.45) is 28.6 Å². The van der Waals surface area contributed by atoms with Crippen LogP contribution >= 0.6 is 0 Å². The summed E-state index contributed by atoms with van der Waals surface area (Å²) in [6.45, 7) is 8.22. The molecule has 0 bridgehead atoms. The van der Waals surface area contributed by atoms with Gasteiger partial charge in [-0.15, -0.1) is 0 Å². The molecule has 0 aliphatic heterocycles. The highest BCUT2D eigenvalue weighted by Crippen LogP contribution is 2.58. The van der Waals surface area contributed by atoms with E-state index >= 15 is 0 Å². The molecule has 4 aliphatic carbocycles. The minimum absolute atomic E-state index is 0.352. The van der Waals surface area contributed by atoms with Crippen LogP contribution in [0.5, 0.6) is 5.75 Å². The summed E-state index contributed by atoms with van der Waals surface area (Å²) in [4.78, 5) is 0. The molecule has 2 N–H and O–H groups in total. The van der Waals surface area contributed by atoms with E-state index in [1.807, 2.05) is 0 Å². The average Bonchev–Trinajstić information content (AvgIpc) is 3.35. The van der Waals surface area contributed by atoms with Crippen LogP contribution in [-0.2, 0) is 6.42 Å². The Morgan fingerprint density at radius 1 is 0.974 bits per heavy atom. The zero-order chi connectivity index (χ0) is 27.0. The number of aromatic hydroxyl groups is 1. The lowest BCUT2D eigenvalue weighted by atomic mass is 9.55. The van der Waals surface area contributed by atoms with E-state index in [1.165, 1.54) is 80.0 Å². The van der Waals surface area contributed by atoms with Crippen molar-refractivity contribution >= 4 is 0 Å². The molecule has 0 amide bonds. The van der Waals surface area contributed by atoms with Crippen LogP contribution in [-0.4, -0.2) is 11.7 Å². The Hall–Kier alpha value is -2.06. The first-order chi connectivity index (χ1) is 18.9. The van der Waals surface area contributed by atoms with Crippen LogP contribution in [0.25, 0.3) is 0 Å². The second-order valence-corrected chi connectivity index (χ2v) is 14.4. The monoisotopic (exact) mass is 525 g/mol. The lowest BCUT2D eigenvalue weighted by molar-refractivity contribution is 0.0309. The van der Waals surface area contributed by atoms with Crippen molar-refractivity contribution < 1.29 is 5.11 Å². The van der Waals surface area contributed by atoms with Crippen LogP contribution in [0.3, 0.4) is 0 Å². The van der Waals surface area contributed by atoms with Crippen molar-refractivity contribution in [1.82, 2.24) is 5.32 Å². The highest BCUT2D eigenvalue weighted by Gasteiger charge is 2.47. The summed E-state index contributed by atoms with van der Waals surface area (Å²) in [7, 11) is 0. The highest BCUT2D eigenvalue weighted by molar-refractivity contribution is 5.45. The van der Waals surface area contributed by atoms with Crippen LogP contribution in [0.2, 0.25) is 0 Å². The summed E-state index contributed by atoms with van der Waals surface area (Å²) < 4.78 is 0. The van der Waals surface area contributed by atoms with Gasteiger partial charge in [0, 0.05) is 12.0 Å². The molecular formula is C37H51NO. The van der Waals surface area contributed by atoms with Gasteiger partial charge in [0.1, 0.15) is 5.75 Å². The molecule has 0 saturated heterocycles. The smallest absolute Gasteiger partial charge is 0.116 e. The number of phenolic OH excluding ortho intramolecular Hbond substituents is 1. The molecule has 4 aliphatic rings. The summed E-state index contributed by atoms with van der Waals surface area (Å²) in [5.41, 5.74) is 6.47. The number of rotatable bonds is 6. The Morgan fingerprint density at radius 2 is 1.77 bits per heavy atom. The average molecular weight is 526 g/mol. The quantitative estimate of drug-likeness (QED) is 0.368. The third-order valence-electron chi connectivity index (χ3n) is 11.3. The molecule has 0 unspecified atom stereocenters. The van der Waals surface area contributed by atoms with Crippen molar-refractivity contribution in [3.05, 3.63) is 76.9 Å². The molecule has 1 spiro atoms. The Balaban J connectivity index is 1.26. The fourth-order valence-electron chi connectivity index (χ4n) is 9.70. The van der Waals surface area contributed by atoms with Gasteiger partial charge in [-0.1, -0.05) is 76.1 Å². The molecule has 0 aromatic heterocycles. The van der Waals surface area contributed by atoms with Crippen molar-refractivity contribution in [3.8, 4) is 5.75 Å². The van der Waals surface area contributed by atoms with Crippen molar-refractivity contribution in [3.63, 3.8) is 0 Å². The van der Waals surface area contributed by atoms with Crippen LogP contribution in [0.1, 0.15) is 126 Å². The maximum atomic E-state index is 10.9. The largest absolute Gasteiger partial charge is 0.508 e.